The van der Waals surface area contributed by atoms with Gasteiger partial charge in [-0.15, -0.1) is 0 Å². The summed E-state index contributed by atoms with van der Waals surface area (Å²) in [4.78, 5) is 17.5. The molecular formula is C11H10CrN2O2. The van der Waals surface area contributed by atoms with Crippen molar-refractivity contribution in [1.82, 2.24) is 9.97 Å². The molecule has 0 bridgehead atoms. The number of pyridine rings is 2. The average Bonchev–Trinajstić information content (AvgIpc) is 2.33. The Balaban J connectivity index is 0.000000283. The van der Waals surface area contributed by atoms with E-state index in [4.69, 9.17) is 5.11 Å². The van der Waals surface area contributed by atoms with E-state index in [0.717, 1.165) is 0 Å². The minimum atomic E-state index is -0.990. The fourth-order valence-electron chi connectivity index (χ4n) is 0.802. The smallest absolute Gasteiger partial charge is 0.354 e. The van der Waals surface area contributed by atoms with Gasteiger partial charge in [0.25, 0.3) is 0 Å². The van der Waals surface area contributed by atoms with Gasteiger partial charge in [-0.2, -0.15) is 0 Å². The SMILES string of the molecule is O=C(O)c1ccccn1.[Cr].c1ccncc1. The van der Waals surface area contributed by atoms with Gasteiger partial charge < -0.3 is 5.11 Å². The molecule has 0 atom stereocenters. The first-order valence-electron chi connectivity index (χ1n) is 4.30. The van der Waals surface area contributed by atoms with E-state index < -0.39 is 5.97 Å². The summed E-state index contributed by atoms with van der Waals surface area (Å²) in [5, 5.41) is 8.32. The molecule has 0 unspecified atom stereocenters. The molecule has 82 valence electrons. The van der Waals surface area contributed by atoms with E-state index in [1.54, 1.807) is 24.5 Å². The molecule has 0 aliphatic heterocycles. The first-order chi connectivity index (χ1) is 7.30. The first kappa shape index (κ1) is 14.3. The normalized spacial score (nSPS) is 8.00. The van der Waals surface area contributed by atoms with Gasteiger partial charge >= 0.3 is 5.97 Å². The quantitative estimate of drug-likeness (QED) is 0.843. The number of aromatic carboxylic acids is 1. The van der Waals surface area contributed by atoms with E-state index in [-0.39, 0.29) is 23.1 Å². The monoisotopic (exact) mass is 254 g/mol. The molecule has 0 aliphatic carbocycles. The number of carboxylic acid groups (broad SMARTS) is 1. The molecule has 16 heavy (non-hydrogen) atoms. The van der Waals surface area contributed by atoms with Gasteiger partial charge in [0.2, 0.25) is 0 Å². The van der Waals surface area contributed by atoms with Gasteiger partial charge in [0.15, 0.2) is 0 Å². The predicted molar refractivity (Wildman–Crippen MR) is 55.4 cm³/mol. The van der Waals surface area contributed by atoms with Crippen LogP contribution in [-0.2, 0) is 17.4 Å². The van der Waals surface area contributed by atoms with Crippen molar-refractivity contribution in [2.75, 3.05) is 0 Å². The maximum absolute atomic E-state index is 10.1. The Bertz CT molecular complexity index is 369. The molecule has 0 aromatic carbocycles. The Kier molecular flexibility index (Phi) is 7.69. The van der Waals surface area contributed by atoms with Crippen molar-refractivity contribution in [3.8, 4) is 0 Å². The molecule has 0 spiro atoms. The van der Waals surface area contributed by atoms with E-state index in [1.165, 1.54) is 12.3 Å². The van der Waals surface area contributed by atoms with Crippen LogP contribution in [0.25, 0.3) is 0 Å². The minimum Gasteiger partial charge on any atom is -0.477 e. The molecule has 2 aromatic rings. The summed E-state index contributed by atoms with van der Waals surface area (Å²) in [6, 6.07) is 10.5. The van der Waals surface area contributed by atoms with E-state index in [9.17, 15) is 4.79 Å². The molecule has 1 N–H and O–H groups in total. The number of carbonyl (C=O) groups is 1. The van der Waals surface area contributed by atoms with Gasteiger partial charge in [0.05, 0.1) is 0 Å². The molecule has 0 saturated heterocycles. The standard InChI is InChI=1S/C6H5NO2.C5H5N.Cr/c8-6(9)5-3-1-2-4-7-5;1-2-4-6-5-3-1;/h1-4H,(H,8,9);1-5H;. The third kappa shape index (κ3) is 5.91. The van der Waals surface area contributed by atoms with Crippen LogP contribution in [0.2, 0.25) is 0 Å². The van der Waals surface area contributed by atoms with Crippen LogP contribution in [0.5, 0.6) is 0 Å². The molecular weight excluding hydrogens is 244 g/mol. The van der Waals surface area contributed by atoms with Gasteiger partial charge in [0, 0.05) is 36.0 Å². The molecule has 0 saturated carbocycles. The predicted octanol–water partition coefficient (Wildman–Crippen LogP) is 1.86. The molecule has 2 aromatic heterocycles. The number of hydrogen-bond donors (Lipinski definition) is 1. The van der Waals surface area contributed by atoms with Crippen molar-refractivity contribution in [2.24, 2.45) is 0 Å². The summed E-state index contributed by atoms with van der Waals surface area (Å²) >= 11 is 0. The Morgan fingerprint density at radius 1 is 1.00 bits per heavy atom. The number of aromatic nitrogens is 2. The van der Waals surface area contributed by atoms with Gasteiger partial charge in [0.1, 0.15) is 5.69 Å². The second-order valence-electron chi connectivity index (χ2n) is 2.54. The summed E-state index contributed by atoms with van der Waals surface area (Å²) in [7, 11) is 0. The molecule has 5 heteroatoms. The van der Waals surface area contributed by atoms with Gasteiger partial charge in [-0.1, -0.05) is 12.1 Å². The van der Waals surface area contributed by atoms with Crippen LogP contribution in [0.1, 0.15) is 10.5 Å². The largest absolute Gasteiger partial charge is 0.477 e. The number of carboxylic acids is 1. The summed E-state index contributed by atoms with van der Waals surface area (Å²) in [5.74, 6) is -0.990. The molecule has 2 rings (SSSR count). The van der Waals surface area contributed by atoms with Crippen LogP contribution in [0, 0.1) is 0 Å². The van der Waals surface area contributed by atoms with Gasteiger partial charge in [-0.3, -0.25) is 4.98 Å². The fourth-order valence-corrected chi connectivity index (χ4v) is 0.802. The van der Waals surface area contributed by atoms with Crippen molar-refractivity contribution >= 4 is 5.97 Å². The molecule has 4 nitrogen and oxygen atoms in total. The molecule has 0 fully saturated rings. The van der Waals surface area contributed by atoms with E-state index in [0.29, 0.717) is 0 Å². The Morgan fingerprint density at radius 2 is 1.62 bits per heavy atom. The van der Waals surface area contributed by atoms with Crippen LogP contribution in [0.3, 0.4) is 0 Å². The van der Waals surface area contributed by atoms with Gasteiger partial charge in [-0.25, -0.2) is 9.78 Å². The average molecular weight is 254 g/mol. The van der Waals surface area contributed by atoms with Crippen molar-refractivity contribution in [1.29, 1.82) is 0 Å². The molecule has 2 heterocycles. The maximum atomic E-state index is 10.1. The second kappa shape index (κ2) is 8.60. The maximum Gasteiger partial charge on any atom is 0.354 e. The fraction of sp³-hybridized carbons (Fsp3) is 0. The summed E-state index contributed by atoms with van der Waals surface area (Å²) in [6.45, 7) is 0. The van der Waals surface area contributed by atoms with Gasteiger partial charge in [-0.05, 0) is 24.3 Å². The Morgan fingerprint density at radius 3 is 1.88 bits per heavy atom. The van der Waals surface area contributed by atoms with Crippen LogP contribution >= 0.6 is 0 Å². The first-order valence-corrected chi connectivity index (χ1v) is 4.30. The summed E-state index contributed by atoms with van der Waals surface area (Å²) in [5.41, 5.74) is 0.0810. The Hall–Kier alpha value is -1.70. The molecule has 0 radical (unpaired) electrons. The third-order valence-corrected chi connectivity index (χ3v) is 1.45. The van der Waals surface area contributed by atoms with E-state index in [2.05, 4.69) is 9.97 Å². The summed E-state index contributed by atoms with van der Waals surface area (Å²) in [6.07, 6.45) is 4.95. The number of nitrogens with zero attached hydrogens (tertiary/aromatic N) is 2. The third-order valence-electron chi connectivity index (χ3n) is 1.45. The van der Waals surface area contributed by atoms with E-state index in [1.807, 2.05) is 18.2 Å². The van der Waals surface area contributed by atoms with Crippen molar-refractivity contribution in [3.63, 3.8) is 0 Å². The zero-order chi connectivity index (χ0) is 10.9. The van der Waals surface area contributed by atoms with Crippen LogP contribution < -0.4 is 0 Å². The van der Waals surface area contributed by atoms with Crippen LogP contribution in [-0.4, -0.2) is 21.0 Å². The van der Waals surface area contributed by atoms with Crippen LogP contribution in [0.15, 0.2) is 55.0 Å². The van der Waals surface area contributed by atoms with Crippen molar-refractivity contribution < 1.29 is 27.3 Å². The second-order valence-corrected chi connectivity index (χ2v) is 2.54. The zero-order valence-electron chi connectivity index (χ0n) is 8.35. The Labute approximate surface area is 104 Å². The topological polar surface area (TPSA) is 63.1 Å². The molecule has 0 aliphatic rings. The molecule has 0 amide bonds. The minimum absolute atomic E-state index is 0. The van der Waals surface area contributed by atoms with E-state index >= 15 is 0 Å². The number of hydrogen-bond acceptors (Lipinski definition) is 3. The van der Waals surface area contributed by atoms with Crippen LogP contribution in [0.4, 0.5) is 0 Å². The van der Waals surface area contributed by atoms with Crippen molar-refractivity contribution in [2.45, 2.75) is 0 Å². The zero-order valence-corrected chi connectivity index (χ0v) is 9.63. The van der Waals surface area contributed by atoms with Crippen molar-refractivity contribution in [3.05, 3.63) is 60.7 Å². The number of rotatable bonds is 1. The summed E-state index contributed by atoms with van der Waals surface area (Å²) < 4.78 is 0.